The molecule has 1 atom stereocenters. The molecule has 0 spiro atoms. The van der Waals surface area contributed by atoms with Gasteiger partial charge in [-0.1, -0.05) is 13.8 Å². The zero-order valence-electron chi connectivity index (χ0n) is 9.83. The van der Waals surface area contributed by atoms with Gasteiger partial charge in [0.1, 0.15) is 0 Å². The second kappa shape index (κ2) is 9.97. The van der Waals surface area contributed by atoms with E-state index in [1.165, 1.54) is 0 Å². The van der Waals surface area contributed by atoms with E-state index in [0.717, 1.165) is 19.4 Å². The third-order valence-corrected chi connectivity index (χ3v) is 1.82. The summed E-state index contributed by atoms with van der Waals surface area (Å²) < 4.78 is 5.31. The Morgan fingerprint density at radius 1 is 1.40 bits per heavy atom. The molecule has 0 fully saturated rings. The van der Waals surface area contributed by atoms with Crippen LogP contribution in [0, 0.1) is 18.3 Å². The van der Waals surface area contributed by atoms with Crippen molar-refractivity contribution in [2.75, 3.05) is 26.3 Å². The summed E-state index contributed by atoms with van der Waals surface area (Å²) >= 11 is 0. The second-order valence-electron chi connectivity index (χ2n) is 4.10. The molecule has 0 amide bonds. The van der Waals surface area contributed by atoms with Gasteiger partial charge in [0, 0.05) is 19.6 Å². The van der Waals surface area contributed by atoms with E-state index >= 15 is 0 Å². The molecule has 0 saturated carbocycles. The number of unbranched alkanes of at least 4 members (excludes halogenated alkanes) is 1. The van der Waals surface area contributed by atoms with Crippen molar-refractivity contribution in [1.82, 2.24) is 5.32 Å². The van der Waals surface area contributed by atoms with Crippen LogP contribution in [0.4, 0.5) is 0 Å². The summed E-state index contributed by atoms with van der Waals surface area (Å²) in [7, 11) is 0. The quantitative estimate of drug-likeness (QED) is 0.444. The fourth-order valence-electron chi connectivity index (χ4n) is 1.08. The molecule has 3 heteroatoms. The molecule has 0 aromatic heterocycles. The number of aliphatic hydroxyl groups excluding tert-OH is 1. The van der Waals surface area contributed by atoms with Gasteiger partial charge in [-0.25, -0.2) is 0 Å². The molecular formula is C12H23NO2. The molecule has 3 nitrogen and oxygen atoms in total. The van der Waals surface area contributed by atoms with Crippen LogP contribution in [0.5, 0.6) is 0 Å². The van der Waals surface area contributed by atoms with Crippen LogP contribution in [-0.2, 0) is 4.74 Å². The predicted molar refractivity (Wildman–Crippen MR) is 62.6 cm³/mol. The SMILES string of the molecule is C#CCCCNCC(O)COCC(C)C. The van der Waals surface area contributed by atoms with E-state index in [4.69, 9.17) is 11.2 Å². The maximum atomic E-state index is 9.49. The Morgan fingerprint density at radius 2 is 2.13 bits per heavy atom. The predicted octanol–water partition coefficient (Wildman–Crippen LogP) is 1.02. The largest absolute Gasteiger partial charge is 0.389 e. The number of rotatable bonds is 9. The fourth-order valence-corrected chi connectivity index (χ4v) is 1.08. The Labute approximate surface area is 93.2 Å². The highest BCUT2D eigenvalue weighted by Crippen LogP contribution is 1.93. The molecule has 2 N–H and O–H groups in total. The molecule has 0 aliphatic carbocycles. The highest BCUT2D eigenvalue weighted by Gasteiger charge is 2.03. The molecule has 1 unspecified atom stereocenters. The van der Waals surface area contributed by atoms with Gasteiger partial charge < -0.3 is 15.2 Å². The first-order valence-corrected chi connectivity index (χ1v) is 5.56. The van der Waals surface area contributed by atoms with Gasteiger partial charge in [0.15, 0.2) is 0 Å². The minimum absolute atomic E-state index is 0.403. The van der Waals surface area contributed by atoms with Crippen molar-refractivity contribution in [3.8, 4) is 12.3 Å². The molecule has 0 rings (SSSR count). The molecule has 0 bridgehead atoms. The molecule has 0 saturated heterocycles. The van der Waals surface area contributed by atoms with Crippen molar-refractivity contribution in [3.05, 3.63) is 0 Å². The smallest absolute Gasteiger partial charge is 0.0897 e. The number of aliphatic hydroxyl groups is 1. The number of hydrogen-bond donors (Lipinski definition) is 2. The van der Waals surface area contributed by atoms with E-state index in [0.29, 0.717) is 25.7 Å². The normalized spacial score (nSPS) is 12.7. The zero-order chi connectivity index (χ0) is 11.5. The third kappa shape index (κ3) is 11.4. The minimum atomic E-state index is -0.422. The van der Waals surface area contributed by atoms with Crippen LogP contribution in [0.2, 0.25) is 0 Å². The Kier molecular flexibility index (Phi) is 9.60. The first kappa shape index (κ1) is 14.4. The first-order valence-electron chi connectivity index (χ1n) is 5.56. The average Bonchev–Trinajstić information content (AvgIpc) is 2.17. The van der Waals surface area contributed by atoms with Gasteiger partial charge in [0.25, 0.3) is 0 Å². The molecule has 0 heterocycles. The van der Waals surface area contributed by atoms with E-state index in [1.54, 1.807) is 0 Å². The summed E-state index contributed by atoms with van der Waals surface area (Å²) in [4.78, 5) is 0. The summed E-state index contributed by atoms with van der Waals surface area (Å²) in [6.45, 7) is 6.71. The second-order valence-corrected chi connectivity index (χ2v) is 4.10. The Morgan fingerprint density at radius 3 is 2.73 bits per heavy atom. The van der Waals surface area contributed by atoms with Crippen molar-refractivity contribution in [1.29, 1.82) is 0 Å². The van der Waals surface area contributed by atoms with Crippen molar-refractivity contribution < 1.29 is 9.84 Å². The van der Waals surface area contributed by atoms with Gasteiger partial charge in [-0.15, -0.1) is 12.3 Å². The van der Waals surface area contributed by atoms with Crippen LogP contribution in [-0.4, -0.2) is 37.5 Å². The molecule has 0 radical (unpaired) electrons. The van der Waals surface area contributed by atoms with Gasteiger partial charge in [-0.3, -0.25) is 0 Å². The lowest BCUT2D eigenvalue weighted by Crippen LogP contribution is -2.31. The van der Waals surface area contributed by atoms with E-state index in [1.807, 2.05) is 0 Å². The number of nitrogens with one attached hydrogen (secondary N) is 1. The van der Waals surface area contributed by atoms with Crippen LogP contribution in [0.25, 0.3) is 0 Å². The number of terminal acetylenes is 1. The van der Waals surface area contributed by atoms with Crippen molar-refractivity contribution >= 4 is 0 Å². The monoisotopic (exact) mass is 213 g/mol. The molecule has 88 valence electrons. The average molecular weight is 213 g/mol. The van der Waals surface area contributed by atoms with Crippen LogP contribution in [0.1, 0.15) is 26.7 Å². The summed E-state index contributed by atoms with van der Waals surface area (Å²) in [6.07, 6.45) is 6.43. The van der Waals surface area contributed by atoms with Crippen LogP contribution in [0.15, 0.2) is 0 Å². The first-order chi connectivity index (χ1) is 7.16. The lowest BCUT2D eigenvalue weighted by Gasteiger charge is -2.13. The standard InChI is InChI=1S/C12H23NO2/c1-4-5-6-7-13-8-12(14)10-15-9-11(2)3/h1,11-14H,5-10H2,2-3H3. The Balaban J connectivity index is 3.19. The van der Waals surface area contributed by atoms with Gasteiger partial charge in [0.05, 0.1) is 12.7 Å². The maximum Gasteiger partial charge on any atom is 0.0897 e. The third-order valence-electron chi connectivity index (χ3n) is 1.82. The lowest BCUT2D eigenvalue weighted by atomic mass is 10.2. The number of hydrogen-bond acceptors (Lipinski definition) is 3. The van der Waals surface area contributed by atoms with E-state index in [-0.39, 0.29) is 0 Å². The van der Waals surface area contributed by atoms with Gasteiger partial charge >= 0.3 is 0 Å². The van der Waals surface area contributed by atoms with Gasteiger partial charge in [-0.05, 0) is 18.9 Å². The van der Waals surface area contributed by atoms with E-state index in [2.05, 4.69) is 25.1 Å². The lowest BCUT2D eigenvalue weighted by molar-refractivity contribution is 0.0262. The molecule has 0 aromatic carbocycles. The topological polar surface area (TPSA) is 41.5 Å². The van der Waals surface area contributed by atoms with Crippen molar-refractivity contribution in [3.63, 3.8) is 0 Å². The van der Waals surface area contributed by atoms with E-state index < -0.39 is 6.10 Å². The highest BCUT2D eigenvalue weighted by molar-refractivity contribution is 4.83. The van der Waals surface area contributed by atoms with Gasteiger partial charge in [-0.2, -0.15) is 0 Å². The van der Waals surface area contributed by atoms with E-state index in [9.17, 15) is 5.11 Å². The maximum absolute atomic E-state index is 9.49. The fraction of sp³-hybridized carbons (Fsp3) is 0.833. The summed E-state index contributed by atoms with van der Waals surface area (Å²) in [5, 5.41) is 12.6. The Hall–Kier alpha value is -0.560. The minimum Gasteiger partial charge on any atom is -0.389 e. The molecule has 0 aromatic rings. The number of ether oxygens (including phenoxy) is 1. The highest BCUT2D eigenvalue weighted by atomic mass is 16.5. The Bertz CT molecular complexity index is 175. The molecular weight excluding hydrogens is 190 g/mol. The van der Waals surface area contributed by atoms with Crippen LogP contribution >= 0.6 is 0 Å². The molecule has 15 heavy (non-hydrogen) atoms. The van der Waals surface area contributed by atoms with Crippen molar-refractivity contribution in [2.45, 2.75) is 32.8 Å². The van der Waals surface area contributed by atoms with Crippen molar-refractivity contribution in [2.24, 2.45) is 5.92 Å². The summed E-state index contributed by atoms with van der Waals surface area (Å²) in [5.74, 6) is 3.09. The summed E-state index contributed by atoms with van der Waals surface area (Å²) in [5.41, 5.74) is 0. The molecule has 0 aliphatic rings. The van der Waals surface area contributed by atoms with Gasteiger partial charge in [0.2, 0.25) is 0 Å². The van der Waals surface area contributed by atoms with Crippen LogP contribution in [0.3, 0.4) is 0 Å². The molecule has 0 aliphatic heterocycles. The zero-order valence-corrected chi connectivity index (χ0v) is 9.83. The summed E-state index contributed by atoms with van der Waals surface area (Å²) in [6, 6.07) is 0. The van der Waals surface area contributed by atoms with Crippen LogP contribution < -0.4 is 5.32 Å².